The minimum absolute atomic E-state index is 0.314. The quantitative estimate of drug-likeness (QED) is 0.898. The average molecular weight is 346 g/mol. The average Bonchev–Trinajstić information content (AvgIpc) is 3.01. The molecule has 1 N–H and O–H groups in total. The number of fused-ring (bicyclic) bond motifs is 1. The van der Waals surface area contributed by atoms with Crippen LogP contribution in [0.1, 0.15) is 16.8 Å². The molecule has 2 atom stereocenters. The Bertz CT molecular complexity index is 795. The van der Waals surface area contributed by atoms with E-state index in [1.165, 1.54) is 0 Å². The minimum Gasteiger partial charge on any atom is -0.653 e. The summed E-state index contributed by atoms with van der Waals surface area (Å²) in [6.07, 6.45) is 1.75. The summed E-state index contributed by atoms with van der Waals surface area (Å²) in [5, 5.41) is 7.67. The Morgan fingerprint density at radius 2 is 2.08 bits per heavy atom. The van der Waals surface area contributed by atoms with Gasteiger partial charge in [0.25, 0.3) is 0 Å². The number of ether oxygens (including phenoxy) is 2. The summed E-state index contributed by atoms with van der Waals surface area (Å²) in [6.45, 7) is 3.88. The number of aromatic nitrogens is 1. The van der Waals surface area contributed by atoms with E-state index in [9.17, 15) is 4.21 Å². The molecule has 0 amide bonds. The van der Waals surface area contributed by atoms with Crippen molar-refractivity contribution >= 4 is 22.2 Å². The standard InChI is InChI=1S/C17H20N3O3S/c1-10-8-18-15(11(2)16(10)23-4)9-24(21)17-19-13-6-5-12(22-3)7-14(13)20-17/h5-8,17,20H,9H2,1-4H3/q-1. The van der Waals surface area contributed by atoms with E-state index in [2.05, 4.69) is 15.6 Å². The van der Waals surface area contributed by atoms with Gasteiger partial charge in [0, 0.05) is 45.4 Å². The molecule has 0 radical (unpaired) electrons. The zero-order valence-electron chi connectivity index (χ0n) is 14.1. The van der Waals surface area contributed by atoms with E-state index in [1.54, 1.807) is 20.4 Å². The van der Waals surface area contributed by atoms with Crippen molar-refractivity contribution in [1.29, 1.82) is 0 Å². The van der Waals surface area contributed by atoms with E-state index >= 15 is 0 Å². The lowest BCUT2D eigenvalue weighted by molar-refractivity contribution is 0.407. The first-order valence-electron chi connectivity index (χ1n) is 7.55. The Labute approximate surface area is 144 Å². The zero-order valence-corrected chi connectivity index (χ0v) is 14.9. The zero-order chi connectivity index (χ0) is 17.3. The lowest BCUT2D eigenvalue weighted by Gasteiger charge is -2.24. The molecule has 1 aromatic carbocycles. The normalized spacial score (nSPS) is 16.8. The summed E-state index contributed by atoms with van der Waals surface area (Å²) in [7, 11) is 2.00. The minimum atomic E-state index is -1.24. The molecule has 2 heterocycles. The Morgan fingerprint density at radius 3 is 2.79 bits per heavy atom. The number of rotatable bonds is 5. The van der Waals surface area contributed by atoms with Crippen molar-refractivity contribution in [2.75, 3.05) is 19.5 Å². The predicted octanol–water partition coefficient (Wildman–Crippen LogP) is 3.38. The van der Waals surface area contributed by atoms with Gasteiger partial charge in [0.2, 0.25) is 0 Å². The summed E-state index contributed by atoms with van der Waals surface area (Å²) in [6, 6.07) is 5.55. The van der Waals surface area contributed by atoms with Gasteiger partial charge in [-0.15, -0.1) is 5.69 Å². The molecule has 1 aromatic heterocycles. The van der Waals surface area contributed by atoms with E-state index < -0.39 is 16.3 Å². The number of methoxy groups -OCH3 is 2. The largest absolute Gasteiger partial charge is 0.653 e. The number of nitrogens with zero attached hydrogens (tertiary/aromatic N) is 2. The highest BCUT2D eigenvalue weighted by molar-refractivity contribution is 7.85. The Balaban J connectivity index is 1.75. The first-order valence-corrected chi connectivity index (χ1v) is 8.93. The fourth-order valence-corrected chi connectivity index (χ4v) is 3.92. The highest BCUT2D eigenvalue weighted by atomic mass is 32.2. The topological polar surface area (TPSA) is 74.6 Å². The van der Waals surface area contributed by atoms with Crippen molar-refractivity contribution in [2.45, 2.75) is 25.1 Å². The monoisotopic (exact) mass is 346 g/mol. The fourth-order valence-electron chi connectivity index (χ4n) is 2.72. The number of aryl methyl sites for hydroxylation is 1. The van der Waals surface area contributed by atoms with Gasteiger partial charge >= 0.3 is 0 Å². The molecule has 24 heavy (non-hydrogen) atoms. The van der Waals surface area contributed by atoms with Gasteiger partial charge in [-0.2, -0.15) is 0 Å². The highest BCUT2D eigenvalue weighted by Gasteiger charge is 2.18. The van der Waals surface area contributed by atoms with Gasteiger partial charge in [-0.3, -0.25) is 9.19 Å². The van der Waals surface area contributed by atoms with Gasteiger partial charge in [0.1, 0.15) is 11.5 Å². The fraction of sp³-hybridized carbons (Fsp3) is 0.353. The van der Waals surface area contributed by atoms with Crippen molar-refractivity contribution < 1.29 is 13.7 Å². The van der Waals surface area contributed by atoms with Crippen molar-refractivity contribution in [2.24, 2.45) is 0 Å². The molecule has 2 aromatic rings. The molecule has 0 fully saturated rings. The van der Waals surface area contributed by atoms with Gasteiger partial charge < -0.3 is 20.1 Å². The molecule has 3 rings (SSSR count). The van der Waals surface area contributed by atoms with Crippen molar-refractivity contribution in [1.82, 2.24) is 4.98 Å². The summed E-state index contributed by atoms with van der Waals surface area (Å²) >= 11 is 0. The van der Waals surface area contributed by atoms with Crippen LogP contribution in [-0.4, -0.2) is 28.9 Å². The smallest absolute Gasteiger partial charge is 0.128 e. The summed E-state index contributed by atoms with van der Waals surface area (Å²) in [5.74, 6) is 1.85. The molecular formula is C17H20N3O3S-. The van der Waals surface area contributed by atoms with E-state index in [-0.39, 0.29) is 0 Å². The number of benzene rings is 1. The van der Waals surface area contributed by atoms with Crippen LogP contribution < -0.4 is 14.8 Å². The Kier molecular flexibility index (Phi) is 4.62. The first-order chi connectivity index (χ1) is 11.5. The van der Waals surface area contributed by atoms with Gasteiger partial charge in [-0.1, -0.05) is 6.07 Å². The molecule has 128 valence electrons. The number of anilines is 1. The Morgan fingerprint density at radius 1 is 1.29 bits per heavy atom. The molecule has 0 spiro atoms. The van der Waals surface area contributed by atoms with Gasteiger partial charge in [-0.25, -0.2) is 0 Å². The van der Waals surface area contributed by atoms with Gasteiger partial charge in [-0.05, 0) is 19.9 Å². The number of hydrogen-bond acceptors (Lipinski definition) is 5. The molecule has 0 bridgehead atoms. The molecular weight excluding hydrogens is 326 g/mol. The third-order valence-corrected chi connectivity index (χ3v) is 5.30. The number of nitrogens with one attached hydrogen (secondary N) is 1. The van der Waals surface area contributed by atoms with Crippen molar-refractivity contribution in [3.63, 3.8) is 0 Å². The van der Waals surface area contributed by atoms with Crippen LogP contribution in [0.4, 0.5) is 11.4 Å². The van der Waals surface area contributed by atoms with Gasteiger partial charge in [0.15, 0.2) is 0 Å². The third kappa shape index (κ3) is 3.03. The van der Waals surface area contributed by atoms with E-state index in [0.717, 1.165) is 39.7 Å². The molecule has 1 aliphatic heterocycles. The molecule has 1 aliphatic rings. The first kappa shape index (κ1) is 16.6. The van der Waals surface area contributed by atoms with E-state index in [0.29, 0.717) is 5.75 Å². The Hall–Kier alpha value is -2.28. The van der Waals surface area contributed by atoms with E-state index in [4.69, 9.17) is 9.47 Å². The van der Waals surface area contributed by atoms with Crippen molar-refractivity contribution in [3.8, 4) is 11.5 Å². The number of pyridine rings is 1. The molecule has 0 aliphatic carbocycles. The maximum atomic E-state index is 12.7. The number of hydrogen-bond donors (Lipinski definition) is 1. The van der Waals surface area contributed by atoms with Crippen LogP contribution in [0.3, 0.4) is 0 Å². The van der Waals surface area contributed by atoms with Crippen LogP contribution in [0, 0.1) is 13.8 Å². The summed E-state index contributed by atoms with van der Waals surface area (Å²) in [4.78, 5) is 4.41. The van der Waals surface area contributed by atoms with Crippen molar-refractivity contribution in [3.05, 3.63) is 46.5 Å². The maximum Gasteiger partial charge on any atom is 0.128 e. The van der Waals surface area contributed by atoms with Crippen LogP contribution in [0.2, 0.25) is 0 Å². The summed E-state index contributed by atoms with van der Waals surface area (Å²) < 4.78 is 23.3. The van der Waals surface area contributed by atoms with Gasteiger partial charge in [0.05, 0.1) is 25.7 Å². The maximum absolute atomic E-state index is 12.7. The van der Waals surface area contributed by atoms with Crippen LogP contribution in [-0.2, 0) is 16.6 Å². The predicted molar refractivity (Wildman–Crippen MR) is 95.5 cm³/mol. The lowest BCUT2D eigenvalue weighted by atomic mass is 10.1. The molecule has 0 saturated heterocycles. The lowest BCUT2D eigenvalue weighted by Crippen LogP contribution is -2.21. The molecule has 7 heteroatoms. The summed E-state index contributed by atoms with van der Waals surface area (Å²) in [5.41, 5.74) is 3.79. The van der Waals surface area contributed by atoms with Crippen LogP contribution in [0.15, 0.2) is 24.4 Å². The second-order valence-corrected chi connectivity index (χ2v) is 7.08. The SMILES string of the molecule is COc1ccc2c(c1)NC(S(=O)Cc1ncc(C)c(OC)c1C)[N-]2. The third-order valence-electron chi connectivity index (χ3n) is 4.02. The van der Waals surface area contributed by atoms with Crippen LogP contribution in [0.25, 0.3) is 5.32 Å². The second-order valence-electron chi connectivity index (χ2n) is 5.58. The second kappa shape index (κ2) is 6.68. The highest BCUT2D eigenvalue weighted by Crippen LogP contribution is 2.41. The van der Waals surface area contributed by atoms with E-state index in [1.807, 2.05) is 32.0 Å². The molecule has 2 unspecified atom stereocenters. The molecule has 6 nitrogen and oxygen atoms in total. The molecule has 0 saturated carbocycles. The van der Waals surface area contributed by atoms with Crippen LogP contribution >= 0.6 is 0 Å². The van der Waals surface area contributed by atoms with Crippen LogP contribution in [0.5, 0.6) is 11.5 Å².